The molecule has 0 bridgehead atoms. The van der Waals surface area contributed by atoms with E-state index in [4.69, 9.17) is 4.74 Å². The van der Waals surface area contributed by atoms with Gasteiger partial charge in [0.2, 0.25) is 5.91 Å². The molecule has 0 aromatic heterocycles. The maximum atomic E-state index is 12.3. The molecule has 0 aliphatic heterocycles. The molecule has 1 amide bonds. The first-order chi connectivity index (χ1) is 14.1. The van der Waals surface area contributed by atoms with Crippen molar-refractivity contribution >= 4 is 17.4 Å². The van der Waals surface area contributed by atoms with Gasteiger partial charge in [0.15, 0.2) is 0 Å². The maximum absolute atomic E-state index is 12.3. The van der Waals surface area contributed by atoms with Gasteiger partial charge in [-0.25, -0.2) is 0 Å². The number of nitrogens with zero attached hydrogens (tertiary/aromatic N) is 1. The van der Waals surface area contributed by atoms with Crippen molar-refractivity contribution in [2.75, 3.05) is 20.2 Å². The summed E-state index contributed by atoms with van der Waals surface area (Å²) in [7, 11) is 1.79. The van der Waals surface area contributed by atoms with Crippen molar-refractivity contribution in [2.45, 2.75) is 39.0 Å². The van der Waals surface area contributed by atoms with Crippen molar-refractivity contribution in [3.63, 3.8) is 0 Å². The number of hydrogen-bond acceptors (Lipinski definition) is 3. The molecule has 3 rings (SSSR count). The molecule has 0 spiro atoms. The fourth-order valence-corrected chi connectivity index (χ4v) is 3.80. The minimum absolute atomic E-state index is 0.0295. The van der Waals surface area contributed by atoms with Crippen LogP contribution < -0.4 is 0 Å². The highest BCUT2D eigenvalue weighted by Crippen LogP contribution is 2.33. The molecule has 4 nitrogen and oxygen atoms in total. The number of amides is 1. The SMILES string of the molecule is CCOC(=O)CCC(=O)N(C)CCC=C1c2ccccc2CCc2ccccc21. The van der Waals surface area contributed by atoms with Crippen LogP contribution in [0.2, 0.25) is 0 Å². The number of carbonyl (C=O) groups excluding carboxylic acids is 2. The van der Waals surface area contributed by atoms with Gasteiger partial charge in [-0.2, -0.15) is 0 Å². The van der Waals surface area contributed by atoms with Gasteiger partial charge in [-0.05, 0) is 54.0 Å². The van der Waals surface area contributed by atoms with Crippen LogP contribution in [-0.2, 0) is 27.2 Å². The fraction of sp³-hybridized carbons (Fsp3) is 0.360. The van der Waals surface area contributed by atoms with Crippen molar-refractivity contribution in [3.8, 4) is 0 Å². The van der Waals surface area contributed by atoms with E-state index in [-0.39, 0.29) is 24.7 Å². The first-order valence-electron chi connectivity index (χ1n) is 10.4. The van der Waals surface area contributed by atoms with Gasteiger partial charge in [-0.15, -0.1) is 0 Å². The second kappa shape index (κ2) is 10.1. The normalized spacial score (nSPS) is 12.4. The zero-order valence-electron chi connectivity index (χ0n) is 17.3. The van der Waals surface area contributed by atoms with Crippen molar-refractivity contribution in [1.29, 1.82) is 0 Å². The summed E-state index contributed by atoms with van der Waals surface area (Å²) in [6.45, 7) is 2.73. The van der Waals surface area contributed by atoms with Gasteiger partial charge in [0.05, 0.1) is 13.0 Å². The highest BCUT2D eigenvalue weighted by atomic mass is 16.5. The molecule has 152 valence electrons. The zero-order valence-corrected chi connectivity index (χ0v) is 17.3. The Bertz CT molecular complexity index is 851. The van der Waals surface area contributed by atoms with Crippen LogP contribution in [0, 0.1) is 0 Å². The summed E-state index contributed by atoms with van der Waals surface area (Å²) in [4.78, 5) is 25.4. The van der Waals surface area contributed by atoms with E-state index in [0.717, 1.165) is 19.3 Å². The second-order valence-electron chi connectivity index (χ2n) is 7.34. The summed E-state index contributed by atoms with van der Waals surface area (Å²) in [5.41, 5.74) is 6.56. The first kappa shape index (κ1) is 20.8. The third kappa shape index (κ3) is 5.35. The highest BCUT2D eigenvalue weighted by molar-refractivity contribution is 5.84. The lowest BCUT2D eigenvalue weighted by atomic mass is 9.93. The van der Waals surface area contributed by atoms with Crippen molar-refractivity contribution in [1.82, 2.24) is 4.90 Å². The number of ether oxygens (including phenoxy) is 1. The van der Waals surface area contributed by atoms with Gasteiger partial charge in [0, 0.05) is 20.0 Å². The van der Waals surface area contributed by atoms with Crippen LogP contribution in [0.3, 0.4) is 0 Å². The molecule has 0 fully saturated rings. The summed E-state index contributed by atoms with van der Waals surface area (Å²) >= 11 is 0. The van der Waals surface area contributed by atoms with Gasteiger partial charge in [-0.1, -0.05) is 54.6 Å². The molecule has 0 atom stereocenters. The lowest BCUT2D eigenvalue weighted by molar-refractivity contribution is -0.145. The monoisotopic (exact) mass is 391 g/mol. The molecule has 4 heteroatoms. The molecular formula is C25H29NO3. The Kier molecular flexibility index (Phi) is 7.23. The summed E-state index contributed by atoms with van der Waals surface area (Å²) in [5, 5.41) is 0. The van der Waals surface area contributed by atoms with E-state index in [1.165, 1.54) is 27.8 Å². The molecule has 0 N–H and O–H groups in total. The Morgan fingerprint density at radius 1 is 0.966 bits per heavy atom. The third-order valence-corrected chi connectivity index (χ3v) is 5.37. The fourth-order valence-electron chi connectivity index (χ4n) is 3.80. The van der Waals surface area contributed by atoms with Crippen LogP contribution in [0.25, 0.3) is 5.57 Å². The van der Waals surface area contributed by atoms with E-state index in [1.54, 1.807) is 18.9 Å². The molecule has 0 unspecified atom stereocenters. The van der Waals surface area contributed by atoms with E-state index in [9.17, 15) is 9.59 Å². The Morgan fingerprint density at radius 3 is 2.14 bits per heavy atom. The molecular weight excluding hydrogens is 362 g/mol. The van der Waals surface area contributed by atoms with Gasteiger partial charge in [-0.3, -0.25) is 9.59 Å². The number of fused-ring (bicyclic) bond motifs is 2. The number of rotatable bonds is 7. The van der Waals surface area contributed by atoms with Crippen molar-refractivity contribution < 1.29 is 14.3 Å². The van der Waals surface area contributed by atoms with Crippen LogP contribution in [0.1, 0.15) is 48.4 Å². The second-order valence-corrected chi connectivity index (χ2v) is 7.34. The number of hydrogen-bond donors (Lipinski definition) is 0. The molecule has 1 aliphatic rings. The third-order valence-electron chi connectivity index (χ3n) is 5.37. The molecule has 0 radical (unpaired) electrons. The summed E-state index contributed by atoms with van der Waals surface area (Å²) < 4.78 is 4.89. The Hall–Kier alpha value is -2.88. The molecule has 2 aromatic carbocycles. The predicted octanol–water partition coefficient (Wildman–Crippen LogP) is 4.41. The molecule has 0 saturated heterocycles. The van der Waals surface area contributed by atoms with Crippen LogP contribution in [-0.4, -0.2) is 37.0 Å². The summed E-state index contributed by atoms with van der Waals surface area (Å²) in [6, 6.07) is 17.2. The maximum Gasteiger partial charge on any atom is 0.306 e. The van der Waals surface area contributed by atoms with Gasteiger partial charge < -0.3 is 9.64 Å². The van der Waals surface area contributed by atoms with E-state index < -0.39 is 0 Å². The highest BCUT2D eigenvalue weighted by Gasteiger charge is 2.17. The van der Waals surface area contributed by atoms with Gasteiger partial charge in [0.1, 0.15) is 0 Å². The van der Waals surface area contributed by atoms with Crippen LogP contribution in [0.5, 0.6) is 0 Å². The smallest absolute Gasteiger partial charge is 0.306 e. The molecule has 0 heterocycles. The number of benzene rings is 2. The predicted molar refractivity (Wildman–Crippen MR) is 115 cm³/mol. The van der Waals surface area contributed by atoms with E-state index in [1.807, 2.05) is 0 Å². The number of aryl methyl sites for hydroxylation is 2. The quantitative estimate of drug-likeness (QED) is 0.657. The average molecular weight is 392 g/mol. The summed E-state index contributed by atoms with van der Waals surface area (Å²) in [6.07, 6.45) is 5.42. The molecule has 2 aromatic rings. The lowest BCUT2D eigenvalue weighted by Crippen LogP contribution is -2.28. The summed E-state index contributed by atoms with van der Waals surface area (Å²) in [5.74, 6) is -0.346. The largest absolute Gasteiger partial charge is 0.466 e. The minimum Gasteiger partial charge on any atom is -0.466 e. The van der Waals surface area contributed by atoms with Crippen molar-refractivity contribution in [2.24, 2.45) is 0 Å². The lowest BCUT2D eigenvalue weighted by Gasteiger charge is -2.17. The number of carbonyl (C=O) groups is 2. The van der Waals surface area contributed by atoms with E-state index in [2.05, 4.69) is 54.6 Å². The standard InChI is InChI=1S/C25H29NO3/c1-3-29-25(28)17-16-24(27)26(2)18-8-13-23-21-11-6-4-9-19(21)14-15-20-10-5-7-12-22(20)23/h4-7,9-13H,3,8,14-18H2,1-2H3. The van der Waals surface area contributed by atoms with Crippen LogP contribution >= 0.6 is 0 Å². The van der Waals surface area contributed by atoms with Crippen LogP contribution in [0.15, 0.2) is 54.6 Å². The Morgan fingerprint density at radius 2 is 1.55 bits per heavy atom. The topological polar surface area (TPSA) is 46.6 Å². The van der Waals surface area contributed by atoms with E-state index >= 15 is 0 Å². The van der Waals surface area contributed by atoms with Gasteiger partial charge >= 0.3 is 5.97 Å². The Balaban J connectivity index is 1.70. The number of esters is 1. The van der Waals surface area contributed by atoms with Gasteiger partial charge in [0.25, 0.3) is 0 Å². The zero-order chi connectivity index (χ0) is 20.6. The van der Waals surface area contributed by atoms with Crippen LogP contribution in [0.4, 0.5) is 0 Å². The van der Waals surface area contributed by atoms with Crippen molar-refractivity contribution in [3.05, 3.63) is 76.9 Å². The van der Waals surface area contributed by atoms with E-state index in [0.29, 0.717) is 13.2 Å². The Labute approximate surface area is 173 Å². The molecule has 1 aliphatic carbocycles. The average Bonchev–Trinajstić information content (AvgIpc) is 2.89. The first-order valence-corrected chi connectivity index (χ1v) is 10.4. The minimum atomic E-state index is -0.317. The molecule has 0 saturated carbocycles. The molecule has 29 heavy (non-hydrogen) atoms.